The molecule has 1 aliphatic rings. The van der Waals surface area contributed by atoms with Crippen LogP contribution in [0.15, 0.2) is 30.3 Å². The molecule has 5 heteroatoms. The maximum Gasteiger partial charge on any atom is 0.313 e. The number of benzene rings is 1. The first kappa shape index (κ1) is 14.0. The monoisotopic (exact) mass is 267 g/mol. The Bertz CT molecular complexity index is 424. The average Bonchev–Trinajstić information content (AvgIpc) is 2.73. The Morgan fingerprint density at radius 2 is 2.11 bits per heavy atom. The van der Waals surface area contributed by atoms with Crippen molar-refractivity contribution in [1.82, 2.24) is 5.32 Å². The maximum absolute atomic E-state index is 12.9. The van der Waals surface area contributed by atoms with Crippen LogP contribution in [0.4, 0.5) is 4.39 Å². The Balaban J connectivity index is 2.04. The molecule has 1 heterocycles. The van der Waals surface area contributed by atoms with Gasteiger partial charge in [0.05, 0.1) is 12.1 Å². The summed E-state index contributed by atoms with van der Waals surface area (Å²) >= 11 is 0. The second-order valence-electron chi connectivity index (χ2n) is 4.79. The molecule has 104 valence electrons. The lowest BCUT2D eigenvalue weighted by Gasteiger charge is -2.22. The molecule has 4 nitrogen and oxygen atoms in total. The SMILES string of the molecule is C[C@@H](O)[C@H]1C(=O)O[C@H](CF)[C@H]1NCc1ccccc1. The van der Waals surface area contributed by atoms with Crippen LogP contribution < -0.4 is 5.32 Å². The van der Waals surface area contributed by atoms with Crippen LogP contribution in [-0.2, 0) is 16.1 Å². The number of ether oxygens (including phenoxy) is 1. The number of rotatable bonds is 5. The summed E-state index contributed by atoms with van der Waals surface area (Å²) in [6.45, 7) is 1.27. The highest BCUT2D eigenvalue weighted by atomic mass is 19.1. The molecule has 0 unspecified atom stereocenters. The van der Waals surface area contributed by atoms with Gasteiger partial charge in [0.25, 0.3) is 0 Å². The van der Waals surface area contributed by atoms with E-state index in [1.165, 1.54) is 6.92 Å². The minimum Gasteiger partial charge on any atom is -0.458 e. The van der Waals surface area contributed by atoms with Crippen LogP contribution in [-0.4, -0.2) is 36.0 Å². The van der Waals surface area contributed by atoms with Crippen molar-refractivity contribution < 1.29 is 19.0 Å². The van der Waals surface area contributed by atoms with E-state index in [9.17, 15) is 14.3 Å². The first-order valence-corrected chi connectivity index (χ1v) is 6.35. The molecule has 1 saturated heterocycles. The number of nitrogens with one attached hydrogen (secondary N) is 1. The fourth-order valence-corrected chi connectivity index (χ4v) is 2.39. The summed E-state index contributed by atoms with van der Waals surface area (Å²) in [5, 5.41) is 12.8. The number of carbonyl (C=O) groups is 1. The van der Waals surface area contributed by atoms with E-state index in [-0.39, 0.29) is 0 Å². The smallest absolute Gasteiger partial charge is 0.313 e. The number of alkyl halides is 1. The zero-order valence-electron chi connectivity index (χ0n) is 10.8. The van der Waals surface area contributed by atoms with Crippen LogP contribution >= 0.6 is 0 Å². The van der Waals surface area contributed by atoms with E-state index in [4.69, 9.17) is 4.74 Å². The zero-order valence-corrected chi connectivity index (χ0v) is 10.8. The molecule has 2 rings (SSSR count). The van der Waals surface area contributed by atoms with Crippen molar-refractivity contribution in [2.45, 2.75) is 31.7 Å². The summed E-state index contributed by atoms with van der Waals surface area (Å²) in [4.78, 5) is 11.6. The van der Waals surface area contributed by atoms with E-state index in [0.29, 0.717) is 6.54 Å². The normalized spacial score (nSPS) is 28.2. The largest absolute Gasteiger partial charge is 0.458 e. The quantitative estimate of drug-likeness (QED) is 0.783. The number of hydrogen-bond donors (Lipinski definition) is 2. The van der Waals surface area contributed by atoms with Gasteiger partial charge in [0, 0.05) is 6.54 Å². The van der Waals surface area contributed by atoms with Crippen LogP contribution in [0.3, 0.4) is 0 Å². The van der Waals surface area contributed by atoms with Gasteiger partial charge < -0.3 is 15.2 Å². The second-order valence-corrected chi connectivity index (χ2v) is 4.79. The lowest BCUT2D eigenvalue weighted by molar-refractivity contribution is -0.146. The van der Waals surface area contributed by atoms with Crippen LogP contribution in [0.1, 0.15) is 12.5 Å². The van der Waals surface area contributed by atoms with Gasteiger partial charge in [0.15, 0.2) is 0 Å². The van der Waals surface area contributed by atoms with Gasteiger partial charge in [-0.05, 0) is 12.5 Å². The predicted octanol–water partition coefficient (Wildman–Crippen LogP) is 1.04. The number of esters is 1. The average molecular weight is 267 g/mol. The Morgan fingerprint density at radius 3 is 2.68 bits per heavy atom. The molecule has 0 bridgehead atoms. The minimum atomic E-state index is -0.864. The number of cyclic esters (lactones) is 1. The van der Waals surface area contributed by atoms with Gasteiger partial charge in [0.1, 0.15) is 18.7 Å². The van der Waals surface area contributed by atoms with Gasteiger partial charge in [-0.3, -0.25) is 4.79 Å². The van der Waals surface area contributed by atoms with Crippen molar-refractivity contribution >= 4 is 5.97 Å². The number of aliphatic hydroxyl groups excluding tert-OH is 1. The standard InChI is InChI=1S/C14H18FNO3/c1-9(17)12-13(11(7-15)19-14(12)18)16-8-10-5-3-2-4-6-10/h2-6,9,11-13,16-17H,7-8H2,1H3/t9-,11-,12-,13-/m1/s1. The molecule has 19 heavy (non-hydrogen) atoms. The van der Waals surface area contributed by atoms with E-state index in [1.807, 2.05) is 30.3 Å². The third-order valence-electron chi connectivity index (χ3n) is 3.38. The third kappa shape index (κ3) is 3.11. The molecule has 1 aliphatic heterocycles. The van der Waals surface area contributed by atoms with E-state index in [1.54, 1.807) is 0 Å². The van der Waals surface area contributed by atoms with Crippen LogP contribution in [0.2, 0.25) is 0 Å². The summed E-state index contributed by atoms with van der Waals surface area (Å²) in [6, 6.07) is 9.10. The summed E-state index contributed by atoms with van der Waals surface area (Å²) in [6.07, 6.45) is -1.69. The molecule has 1 aromatic carbocycles. The number of aliphatic hydroxyl groups is 1. The summed E-state index contributed by atoms with van der Waals surface area (Å²) < 4.78 is 17.8. The van der Waals surface area contributed by atoms with Gasteiger partial charge in [-0.25, -0.2) is 4.39 Å². The van der Waals surface area contributed by atoms with Crippen molar-refractivity contribution in [2.75, 3.05) is 6.67 Å². The van der Waals surface area contributed by atoms with Gasteiger partial charge in [-0.2, -0.15) is 0 Å². The van der Waals surface area contributed by atoms with Crippen molar-refractivity contribution in [3.8, 4) is 0 Å². The molecule has 0 spiro atoms. The fourth-order valence-electron chi connectivity index (χ4n) is 2.39. The molecule has 1 fully saturated rings. The Morgan fingerprint density at radius 1 is 1.42 bits per heavy atom. The second kappa shape index (κ2) is 6.12. The Hall–Kier alpha value is -1.46. The van der Waals surface area contributed by atoms with E-state index in [0.717, 1.165) is 5.56 Å². The first-order valence-electron chi connectivity index (χ1n) is 6.35. The number of carbonyl (C=O) groups excluding carboxylic acids is 1. The molecule has 0 aromatic heterocycles. The van der Waals surface area contributed by atoms with Gasteiger partial charge >= 0.3 is 5.97 Å². The molecule has 0 radical (unpaired) electrons. The highest BCUT2D eigenvalue weighted by Crippen LogP contribution is 2.25. The van der Waals surface area contributed by atoms with E-state index >= 15 is 0 Å². The van der Waals surface area contributed by atoms with Crippen LogP contribution in [0, 0.1) is 5.92 Å². The van der Waals surface area contributed by atoms with Crippen LogP contribution in [0.25, 0.3) is 0 Å². The van der Waals surface area contributed by atoms with E-state index in [2.05, 4.69) is 5.32 Å². The fraction of sp³-hybridized carbons (Fsp3) is 0.500. The molecule has 2 N–H and O–H groups in total. The lowest BCUT2D eigenvalue weighted by Crippen LogP contribution is -2.45. The van der Waals surface area contributed by atoms with Crippen LogP contribution in [0.5, 0.6) is 0 Å². The molecular formula is C14H18FNO3. The zero-order chi connectivity index (χ0) is 13.8. The van der Waals surface area contributed by atoms with Gasteiger partial charge in [-0.15, -0.1) is 0 Å². The molecule has 0 aliphatic carbocycles. The van der Waals surface area contributed by atoms with Crippen molar-refractivity contribution in [3.05, 3.63) is 35.9 Å². The minimum absolute atomic E-state index is 0.502. The summed E-state index contributed by atoms with van der Waals surface area (Å²) in [5.41, 5.74) is 1.03. The molecule has 4 atom stereocenters. The first-order chi connectivity index (χ1) is 9.13. The predicted molar refractivity (Wildman–Crippen MR) is 68.1 cm³/mol. The van der Waals surface area contributed by atoms with Crippen molar-refractivity contribution in [2.24, 2.45) is 5.92 Å². The van der Waals surface area contributed by atoms with Crippen molar-refractivity contribution in [1.29, 1.82) is 0 Å². The van der Waals surface area contributed by atoms with Gasteiger partial charge in [-0.1, -0.05) is 30.3 Å². The molecule has 0 amide bonds. The molecule has 0 saturated carbocycles. The number of hydrogen-bond acceptors (Lipinski definition) is 4. The topological polar surface area (TPSA) is 58.6 Å². The summed E-state index contributed by atoms with van der Waals surface area (Å²) in [5.74, 6) is -1.26. The van der Waals surface area contributed by atoms with E-state index < -0.39 is 36.8 Å². The Labute approximate surface area is 111 Å². The highest BCUT2D eigenvalue weighted by molar-refractivity contribution is 5.76. The number of halogens is 1. The maximum atomic E-state index is 12.9. The third-order valence-corrected chi connectivity index (χ3v) is 3.38. The van der Waals surface area contributed by atoms with Gasteiger partial charge in [0.2, 0.25) is 0 Å². The lowest BCUT2D eigenvalue weighted by atomic mass is 9.93. The summed E-state index contributed by atoms with van der Waals surface area (Å²) in [7, 11) is 0. The Kier molecular flexibility index (Phi) is 4.50. The van der Waals surface area contributed by atoms with Crippen molar-refractivity contribution in [3.63, 3.8) is 0 Å². The molecular weight excluding hydrogens is 249 g/mol. The molecule has 1 aromatic rings. The highest BCUT2D eigenvalue weighted by Gasteiger charge is 2.46.